The second-order valence-corrected chi connectivity index (χ2v) is 7.48. The summed E-state index contributed by atoms with van der Waals surface area (Å²) in [5, 5.41) is 3.09. The summed E-state index contributed by atoms with van der Waals surface area (Å²) in [6.45, 7) is 3.02. The highest BCUT2D eigenvalue weighted by molar-refractivity contribution is 6.03. The molecule has 1 saturated heterocycles. The van der Waals surface area contributed by atoms with E-state index in [0.717, 1.165) is 38.5 Å². The smallest absolute Gasteiger partial charge is 0.289 e. The molecule has 4 rings (SSSR count). The molecule has 1 aliphatic heterocycles. The van der Waals surface area contributed by atoms with E-state index >= 15 is 0 Å². The summed E-state index contributed by atoms with van der Waals surface area (Å²) in [6, 6.07) is 0.157. The molecule has 25 heavy (non-hydrogen) atoms. The number of rotatable bonds is 3. The molecule has 0 aromatic carbocycles. The summed E-state index contributed by atoms with van der Waals surface area (Å²) < 4.78 is 5.77. The molecule has 0 atom stereocenters. The van der Waals surface area contributed by atoms with E-state index in [9.17, 15) is 14.4 Å². The molecule has 6 nitrogen and oxygen atoms in total. The average Bonchev–Trinajstić information content (AvgIpc) is 3.40. The summed E-state index contributed by atoms with van der Waals surface area (Å²) in [6.07, 6.45) is 5.59. The van der Waals surface area contributed by atoms with E-state index in [0.29, 0.717) is 42.2 Å². The van der Waals surface area contributed by atoms with E-state index in [4.69, 9.17) is 4.42 Å². The number of likely N-dealkylation sites (tertiary alicyclic amines) is 1. The molecule has 3 aliphatic rings. The second-order valence-electron chi connectivity index (χ2n) is 7.48. The minimum absolute atomic E-state index is 0.0862. The standard InChI is InChI=1S/C19H24N2O4/c1-11-16-14(22)3-2-4-15(16)25-17(11)19(24)21-9-7-13(8-10-21)20-18(23)12-5-6-12/h12-13H,2-10H2,1H3,(H,20,23). The van der Waals surface area contributed by atoms with Crippen molar-refractivity contribution in [2.75, 3.05) is 13.1 Å². The number of amides is 2. The van der Waals surface area contributed by atoms with Crippen LogP contribution in [0.5, 0.6) is 0 Å². The van der Waals surface area contributed by atoms with Gasteiger partial charge in [0.1, 0.15) is 5.76 Å². The van der Waals surface area contributed by atoms with Gasteiger partial charge < -0.3 is 14.6 Å². The number of nitrogens with one attached hydrogen (secondary N) is 1. The highest BCUT2D eigenvalue weighted by atomic mass is 16.4. The normalized spacial score (nSPS) is 21.2. The molecule has 1 aromatic rings. The number of furan rings is 1. The van der Waals surface area contributed by atoms with E-state index < -0.39 is 0 Å². The Morgan fingerprint density at radius 3 is 2.48 bits per heavy atom. The van der Waals surface area contributed by atoms with Gasteiger partial charge in [-0.25, -0.2) is 0 Å². The molecule has 0 radical (unpaired) electrons. The van der Waals surface area contributed by atoms with Gasteiger partial charge in [-0.05, 0) is 39.0 Å². The van der Waals surface area contributed by atoms with E-state index in [-0.39, 0.29) is 29.6 Å². The number of carbonyl (C=O) groups excluding carboxylic acids is 3. The van der Waals surface area contributed by atoms with Gasteiger partial charge in [-0.1, -0.05) is 0 Å². The topological polar surface area (TPSA) is 79.6 Å². The van der Waals surface area contributed by atoms with Gasteiger partial charge in [0.25, 0.3) is 5.91 Å². The third-order valence-corrected chi connectivity index (χ3v) is 5.58. The monoisotopic (exact) mass is 344 g/mol. The molecule has 1 N–H and O–H groups in total. The van der Waals surface area contributed by atoms with E-state index in [1.54, 1.807) is 11.8 Å². The fraction of sp³-hybridized carbons (Fsp3) is 0.632. The highest BCUT2D eigenvalue weighted by Gasteiger charge is 2.34. The minimum Gasteiger partial charge on any atom is -0.455 e. The van der Waals surface area contributed by atoms with Crippen molar-refractivity contribution in [3.8, 4) is 0 Å². The van der Waals surface area contributed by atoms with Crippen LogP contribution in [0.4, 0.5) is 0 Å². The van der Waals surface area contributed by atoms with Crippen molar-refractivity contribution in [1.82, 2.24) is 10.2 Å². The van der Waals surface area contributed by atoms with Crippen molar-refractivity contribution in [3.05, 3.63) is 22.6 Å². The lowest BCUT2D eigenvalue weighted by molar-refractivity contribution is -0.123. The van der Waals surface area contributed by atoms with Crippen LogP contribution < -0.4 is 5.32 Å². The largest absolute Gasteiger partial charge is 0.455 e. The Labute approximate surface area is 146 Å². The van der Waals surface area contributed by atoms with Crippen molar-refractivity contribution >= 4 is 17.6 Å². The van der Waals surface area contributed by atoms with Gasteiger partial charge in [0.15, 0.2) is 11.5 Å². The van der Waals surface area contributed by atoms with Crippen LogP contribution in [0, 0.1) is 12.8 Å². The van der Waals surface area contributed by atoms with Gasteiger partial charge in [0.05, 0.1) is 5.56 Å². The first-order chi connectivity index (χ1) is 12.0. The number of fused-ring (bicyclic) bond motifs is 1. The molecule has 1 aromatic heterocycles. The molecule has 6 heteroatoms. The molecule has 134 valence electrons. The first-order valence-corrected chi connectivity index (χ1v) is 9.29. The summed E-state index contributed by atoms with van der Waals surface area (Å²) in [5.41, 5.74) is 1.31. The van der Waals surface area contributed by atoms with Gasteiger partial charge in [-0.3, -0.25) is 14.4 Å². The van der Waals surface area contributed by atoms with Crippen molar-refractivity contribution in [3.63, 3.8) is 0 Å². The molecule has 0 bridgehead atoms. The Morgan fingerprint density at radius 1 is 1.12 bits per heavy atom. The van der Waals surface area contributed by atoms with Gasteiger partial charge >= 0.3 is 0 Å². The summed E-state index contributed by atoms with van der Waals surface area (Å²) >= 11 is 0. The number of piperidine rings is 1. The zero-order chi connectivity index (χ0) is 17.6. The fourth-order valence-electron chi connectivity index (χ4n) is 3.89. The predicted molar refractivity (Wildman–Crippen MR) is 90.5 cm³/mol. The maximum absolute atomic E-state index is 12.8. The second kappa shape index (κ2) is 6.32. The SMILES string of the molecule is Cc1c(C(=O)N2CCC(NC(=O)C3CC3)CC2)oc2c1C(=O)CCC2. The Hall–Kier alpha value is -2.11. The van der Waals surface area contributed by atoms with Crippen LogP contribution >= 0.6 is 0 Å². The quantitative estimate of drug-likeness (QED) is 0.912. The van der Waals surface area contributed by atoms with Crippen LogP contribution in [0.3, 0.4) is 0 Å². The Balaban J connectivity index is 1.41. The molecule has 0 spiro atoms. The number of hydrogen-bond acceptors (Lipinski definition) is 4. The van der Waals surface area contributed by atoms with Crippen molar-refractivity contribution in [2.24, 2.45) is 5.92 Å². The Bertz CT molecular complexity index is 724. The minimum atomic E-state index is -0.133. The number of aryl methyl sites for hydroxylation is 1. The van der Waals surface area contributed by atoms with Crippen LogP contribution in [0.25, 0.3) is 0 Å². The van der Waals surface area contributed by atoms with Gasteiger partial charge in [0, 0.05) is 43.5 Å². The molecule has 0 unspecified atom stereocenters. The van der Waals surface area contributed by atoms with Crippen LogP contribution in [-0.4, -0.2) is 41.6 Å². The maximum atomic E-state index is 12.8. The van der Waals surface area contributed by atoms with Crippen molar-refractivity contribution < 1.29 is 18.8 Å². The summed E-state index contributed by atoms with van der Waals surface area (Å²) in [7, 11) is 0. The van der Waals surface area contributed by atoms with Crippen LogP contribution in [0.1, 0.15) is 70.8 Å². The zero-order valence-electron chi connectivity index (χ0n) is 14.6. The van der Waals surface area contributed by atoms with Crippen molar-refractivity contribution in [1.29, 1.82) is 0 Å². The molecule has 2 heterocycles. The summed E-state index contributed by atoms with van der Waals surface area (Å²) in [4.78, 5) is 38.6. The first kappa shape index (κ1) is 16.4. The number of Topliss-reactive ketones (excluding diaryl/α,β-unsaturated/α-hetero) is 1. The van der Waals surface area contributed by atoms with Gasteiger partial charge in [-0.15, -0.1) is 0 Å². The first-order valence-electron chi connectivity index (χ1n) is 9.29. The molecular formula is C19H24N2O4. The van der Waals surface area contributed by atoms with Crippen LogP contribution in [-0.2, 0) is 11.2 Å². The molecule has 2 amide bonds. The summed E-state index contributed by atoms with van der Waals surface area (Å²) in [5.74, 6) is 1.33. The lowest BCUT2D eigenvalue weighted by Crippen LogP contribution is -2.47. The fourth-order valence-corrected chi connectivity index (χ4v) is 3.89. The third kappa shape index (κ3) is 3.10. The average molecular weight is 344 g/mol. The van der Waals surface area contributed by atoms with Gasteiger partial charge in [0.2, 0.25) is 5.91 Å². The predicted octanol–water partition coefficient (Wildman–Crippen LogP) is 2.24. The molecule has 2 fully saturated rings. The maximum Gasteiger partial charge on any atom is 0.289 e. The number of carbonyl (C=O) groups is 3. The molecule has 2 aliphatic carbocycles. The van der Waals surface area contributed by atoms with Crippen LogP contribution in [0.15, 0.2) is 4.42 Å². The van der Waals surface area contributed by atoms with Crippen molar-refractivity contribution in [2.45, 2.75) is 57.9 Å². The lowest BCUT2D eigenvalue weighted by Gasteiger charge is -2.32. The van der Waals surface area contributed by atoms with E-state index in [1.165, 1.54) is 0 Å². The number of hydrogen-bond donors (Lipinski definition) is 1. The Kier molecular flexibility index (Phi) is 4.13. The lowest BCUT2D eigenvalue weighted by atomic mass is 9.94. The Morgan fingerprint density at radius 2 is 1.84 bits per heavy atom. The van der Waals surface area contributed by atoms with Gasteiger partial charge in [-0.2, -0.15) is 0 Å². The number of ketones is 1. The third-order valence-electron chi connectivity index (χ3n) is 5.58. The molecular weight excluding hydrogens is 320 g/mol. The van der Waals surface area contributed by atoms with E-state index in [1.807, 2.05) is 0 Å². The molecule has 1 saturated carbocycles. The van der Waals surface area contributed by atoms with E-state index in [2.05, 4.69) is 5.32 Å². The number of nitrogens with zero attached hydrogens (tertiary/aromatic N) is 1. The zero-order valence-corrected chi connectivity index (χ0v) is 14.6. The highest BCUT2D eigenvalue weighted by Crippen LogP contribution is 2.31. The van der Waals surface area contributed by atoms with Crippen LogP contribution in [0.2, 0.25) is 0 Å².